The van der Waals surface area contributed by atoms with Crippen LogP contribution in [0, 0.1) is 6.92 Å². The normalized spacial score (nSPS) is 16.3. The Labute approximate surface area is 97.4 Å². The highest BCUT2D eigenvalue weighted by molar-refractivity contribution is 6.56. The van der Waals surface area contributed by atoms with Crippen LogP contribution in [-0.4, -0.2) is 44.7 Å². The Morgan fingerprint density at radius 3 is 2.19 bits per heavy atom. The van der Waals surface area contributed by atoms with Crippen LogP contribution in [0.25, 0.3) is 0 Å². The van der Waals surface area contributed by atoms with Crippen molar-refractivity contribution in [2.45, 2.75) is 6.92 Å². The van der Waals surface area contributed by atoms with E-state index in [9.17, 15) is 4.79 Å². The number of rotatable bonds is 1. The number of piperazine rings is 1. The lowest BCUT2D eigenvalue weighted by molar-refractivity contribution is 0.218. The maximum atomic E-state index is 11.2. The van der Waals surface area contributed by atoms with Crippen LogP contribution >= 0.6 is 0 Å². The molecular weight excluding hydrogens is 199 g/mol. The van der Waals surface area contributed by atoms with Crippen molar-refractivity contribution in [2.24, 2.45) is 0 Å². The molecular formula is C12H17BN2O. The maximum absolute atomic E-state index is 11.2. The number of nitrogens with zero attached hydrogens (tertiary/aromatic N) is 2. The van der Waals surface area contributed by atoms with Crippen LogP contribution in [0.5, 0.6) is 0 Å². The number of amides is 1. The van der Waals surface area contributed by atoms with Gasteiger partial charge in [0.2, 0.25) is 7.85 Å². The van der Waals surface area contributed by atoms with Crippen LogP contribution in [0.4, 0.5) is 10.5 Å². The summed E-state index contributed by atoms with van der Waals surface area (Å²) >= 11 is 0. The van der Waals surface area contributed by atoms with Gasteiger partial charge in [0.1, 0.15) is 0 Å². The predicted octanol–water partition coefficient (Wildman–Crippen LogP) is 0.870. The van der Waals surface area contributed by atoms with E-state index in [1.807, 2.05) is 4.90 Å². The molecule has 2 rings (SSSR count). The number of carbonyl (C=O) groups is 1. The molecule has 1 saturated heterocycles. The molecule has 84 valence electrons. The molecule has 0 radical (unpaired) electrons. The molecule has 16 heavy (non-hydrogen) atoms. The smallest absolute Gasteiger partial charge is 0.215 e. The molecule has 3 nitrogen and oxygen atoms in total. The number of benzene rings is 1. The van der Waals surface area contributed by atoms with Crippen molar-refractivity contribution in [1.29, 1.82) is 0 Å². The first-order valence-electron chi connectivity index (χ1n) is 5.74. The Bertz CT molecular complexity index is 369. The van der Waals surface area contributed by atoms with Gasteiger partial charge in [0.25, 0.3) is 0 Å². The highest BCUT2D eigenvalue weighted by Gasteiger charge is 2.18. The first-order chi connectivity index (χ1) is 7.66. The molecule has 0 aromatic heterocycles. The Morgan fingerprint density at radius 2 is 1.69 bits per heavy atom. The van der Waals surface area contributed by atoms with Gasteiger partial charge in [-0.3, -0.25) is 4.79 Å². The fraction of sp³-hybridized carbons (Fsp3) is 0.417. The minimum atomic E-state index is 0.184. The standard InChI is InChI=1S/C12H17BN2O/c1-10-2-4-11(5-3-10)14-6-8-15(9-7-14)12(13)16/h2-5H,6-9,13H2,1H3. The van der Waals surface area contributed by atoms with E-state index in [-0.39, 0.29) is 5.81 Å². The quantitative estimate of drug-likeness (QED) is 0.650. The van der Waals surface area contributed by atoms with Crippen molar-refractivity contribution < 1.29 is 4.79 Å². The second-order valence-electron chi connectivity index (χ2n) is 4.33. The van der Waals surface area contributed by atoms with Gasteiger partial charge in [0.05, 0.1) is 0 Å². The summed E-state index contributed by atoms with van der Waals surface area (Å²) < 4.78 is 0. The van der Waals surface area contributed by atoms with Gasteiger partial charge in [-0.05, 0) is 19.1 Å². The van der Waals surface area contributed by atoms with Crippen molar-refractivity contribution in [3.05, 3.63) is 29.8 Å². The lowest BCUT2D eigenvalue weighted by Gasteiger charge is -2.36. The van der Waals surface area contributed by atoms with Crippen molar-refractivity contribution in [1.82, 2.24) is 4.90 Å². The molecule has 1 aliphatic rings. The Balaban J connectivity index is 1.99. The molecule has 1 aromatic carbocycles. The molecule has 4 heteroatoms. The molecule has 1 aliphatic heterocycles. The summed E-state index contributed by atoms with van der Waals surface area (Å²) in [6, 6.07) is 8.57. The average molecular weight is 216 g/mol. The van der Waals surface area contributed by atoms with Crippen molar-refractivity contribution >= 4 is 19.3 Å². The Hall–Kier alpha value is -1.45. The third kappa shape index (κ3) is 2.38. The van der Waals surface area contributed by atoms with Gasteiger partial charge < -0.3 is 9.80 Å². The summed E-state index contributed by atoms with van der Waals surface area (Å²) in [6.07, 6.45) is 0. The van der Waals surface area contributed by atoms with E-state index in [0.29, 0.717) is 0 Å². The summed E-state index contributed by atoms with van der Waals surface area (Å²) in [5, 5.41) is 0. The van der Waals surface area contributed by atoms with E-state index < -0.39 is 0 Å². The van der Waals surface area contributed by atoms with Gasteiger partial charge in [-0.15, -0.1) is 0 Å². The molecule has 0 bridgehead atoms. The van der Waals surface area contributed by atoms with E-state index in [2.05, 4.69) is 36.1 Å². The number of hydrogen-bond acceptors (Lipinski definition) is 2. The maximum Gasteiger partial charge on any atom is 0.215 e. The number of aryl methyl sites for hydroxylation is 1. The fourth-order valence-electron chi connectivity index (χ4n) is 2.04. The van der Waals surface area contributed by atoms with Crippen molar-refractivity contribution in [2.75, 3.05) is 31.1 Å². The predicted molar refractivity (Wildman–Crippen MR) is 68.9 cm³/mol. The van der Waals surface area contributed by atoms with E-state index in [1.54, 1.807) is 7.85 Å². The van der Waals surface area contributed by atoms with Crippen LogP contribution < -0.4 is 4.90 Å². The third-order valence-electron chi connectivity index (χ3n) is 3.12. The molecule has 0 unspecified atom stereocenters. The van der Waals surface area contributed by atoms with Gasteiger partial charge in [0, 0.05) is 31.9 Å². The molecule has 1 aromatic rings. The van der Waals surface area contributed by atoms with E-state index >= 15 is 0 Å². The Morgan fingerprint density at radius 1 is 1.12 bits per heavy atom. The highest BCUT2D eigenvalue weighted by atomic mass is 16.1. The van der Waals surface area contributed by atoms with E-state index in [0.717, 1.165) is 26.2 Å². The van der Waals surface area contributed by atoms with Gasteiger partial charge in [0.15, 0.2) is 5.81 Å². The summed E-state index contributed by atoms with van der Waals surface area (Å²) in [5.74, 6) is 0.184. The lowest BCUT2D eigenvalue weighted by atomic mass is 10.1. The first-order valence-corrected chi connectivity index (χ1v) is 5.74. The third-order valence-corrected chi connectivity index (χ3v) is 3.12. The fourth-order valence-corrected chi connectivity index (χ4v) is 2.04. The molecule has 0 aliphatic carbocycles. The zero-order valence-electron chi connectivity index (χ0n) is 9.94. The molecule has 0 N–H and O–H groups in total. The first kappa shape index (κ1) is 11.1. The Kier molecular flexibility index (Phi) is 3.18. The minimum absolute atomic E-state index is 0.184. The molecule has 1 amide bonds. The summed E-state index contributed by atoms with van der Waals surface area (Å²) in [4.78, 5) is 15.4. The zero-order chi connectivity index (χ0) is 11.5. The molecule has 1 heterocycles. The van der Waals surface area contributed by atoms with Gasteiger partial charge in [-0.1, -0.05) is 17.7 Å². The lowest BCUT2D eigenvalue weighted by Crippen LogP contribution is -2.48. The topological polar surface area (TPSA) is 23.6 Å². The summed E-state index contributed by atoms with van der Waals surface area (Å²) in [6.45, 7) is 5.63. The van der Waals surface area contributed by atoms with Crippen LogP contribution in [0.1, 0.15) is 5.56 Å². The number of carbonyl (C=O) groups excluding carboxylic acids is 1. The molecule has 0 spiro atoms. The molecule has 1 fully saturated rings. The van der Waals surface area contributed by atoms with Crippen LogP contribution in [0.2, 0.25) is 0 Å². The summed E-state index contributed by atoms with van der Waals surface area (Å²) in [5.41, 5.74) is 2.54. The number of anilines is 1. The summed E-state index contributed by atoms with van der Waals surface area (Å²) in [7, 11) is 1.64. The molecule has 0 atom stereocenters. The minimum Gasteiger partial charge on any atom is -0.368 e. The molecule has 0 saturated carbocycles. The average Bonchev–Trinajstić information content (AvgIpc) is 2.30. The van der Waals surface area contributed by atoms with Crippen LogP contribution in [-0.2, 0) is 0 Å². The second-order valence-corrected chi connectivity index (χ2v) is 4.33. The van der Waals surface area contributed by atoms with Crippen LogP contribution in [0.3, 0.4) is 0 Å². The van der Waals surface area contributed by atoms with Crippen LogP contribution in [0.15, 0.2) is 24.3 Å². The SMILES string of the molecule is BC(=O)N1CCN(c2ccc(C)cc2)CC1. The zero-order valence-corrected chi connectivity index (χ0v) is 9.94. The van der Waals surface area contributed by atoms with Gasteiger partial charge >= 0.3 is 0 Å². The monoisotopic (exact) mass is 216 g/mol. The van der Waals surface area contributed by atoms with Gasteiger partial charge in [-0.25, -0.2) is 0 Å². The number of hydrogen-bond donors (Lipinski definition) is 0. The largest absolute Gasteiger partial charge is 0.368 e. The van der Waals surface area contributed by atoms with E-state index in [4.69, 9.17) is 0 Å². The van der Waals surface area contributed by atoms with Crippen molar-refractivity contribution in [3.63, 3.8) is 0 Å². The highest BCUT2D eigenvalue weighted by Crippen LogP contribution is 2.16. The van der Waals surface area contributed by atoms with Crippen molar-refractivity contribution in [3.8, 4) is 0 Å². The van der Waals surface area contributed by atoms with E-state index in [1.165, 1.54) is 11.3 Å². The second kappa shape index (κ2) is 4.60. The van der Waals surface area contributed by atoms with Gasteiger partial charge in [-0.2, -0.15) is 0 Å².